The Kier molecular flexibility index (Phi) is 7.26. The molecule has 4 rings (SSSR count). The smallest absolute Gasteiger partial charge is 0.266 e. The predicted molar refractivity (Wildman–Crippen MR) is 136 cm³/mol. The van der Waals surface area contributed by atoms with Gasteiger partial charge in [-0.05, 0) is 42.8 Å². The number of ether oxygens (including phenoxy) is 2. The van der Waals surface area contributed by atoms with Gasteiger partial charge < -0.3 is 19.9 Å². The Labute approximate surface area is 206 Å². The van der Waals surface area contributed by atoms with Crippen LogP contribution in [0.5, 0.6) is 17.2 Å². The number of benzene rings is 3. The first-order valence-corrected chi connectivity index (χ1v) is 11.8. The third-order valence-corrected chi connectivity index (χ3v) is 6.39. The maximum absolute atomic E-state index is 13.5. The van der Waals surface area contributed by atoms with Gasteiger partial charge in [0.05, 0.1) is 42.6 Å². The first-order chi connectivity index (χ1) is 16.9. The number of hydrogen-bond acceptors (Lipinski definition) is 7. The van der Waals surface area contributed by atoms with Gasteiger partial charge in [-0.3, -0.25) is 14.2 Å². The van der Waals surface area contributed by atoms with E-state index in [-0.39, 0.29) is 34.4 Å². The van der Waals surface area contributed by atoms with Crippen molar-refractivity contribution in [3.8, 4) is 22.9 Å². The summed E-state index contributed by atoms with van der Waals surface area (Å²) in [7, 11) is 3.04. The number of aromatic nitrogens is 2. The average Bonchev–Trinajstić information content (AvgIpc) is 2.88. The third kappa shape index (κ3) is 5.25. The van der Waals surface area contributed by atoms with Gasteiger partial charge in [0.1, 0.15) is 5.75 Å². The fraction of sp³-hybridized carbons (Fsp3) is 0.192. The number of carbonyl (C=O) groups excluding carboxylic acids is 1. The van der Waals surface area contributed by atoms with Crippen LogP contribution in [0.1, 0.15) is 18.5 Å². The summed E-state index contributed by atoms with van der Waals surface area (Å²) in [6.07, 6.45) is 0. The van der Waals surface area contributed by atoms with E-state index in [4.69, 9.17) is 9.47 Å². The van der Waals surface area contributed by atoms with E-state index in [9.17, 15) is 14.7 Å². The van der Waals surface area contributed by atoms with E-state index in [1.165, 1.54) is 30.9 Å². The van der Waals surface area contributed by atoms with Crippen LogP contribution >= 0.6 is 11.8 Å². The van der Waals surface area contributed by atoms with Crippen molar-refractivity contribution in [1.29, 1.82) is 0 Å². The quantitative estimate of drug-likeness (QED) is 0.283. The molecule has 2 N–H and O–H groups in total. The molecule has 0 bridgehead atoms. The van der Waals surface area contributed by atoms with E-state index in [1.807, 2.05) is 37.3 Å². The molecule has 8 nitrogen and oxygen atoms in total. The van der Waals surface area contributed by atoms with Crippen LogP contribution in [-0.4, -0.2) is 40.5 Å². The first-order valence-electron chi connectivity index (χ1n) is 10.9. The molecule has 180 valence electrons. The number of nitrogens with one attached hydrogen (secondary N) is 1. The zero-order valence-corrected chi connectivity index (χ0v) is 20.3. The number of phenols is 1. The summed E-state index contributed by atoms with van der Waals surface area (Å²) in [4.78, 5) is 30.8. The molecule has 0 unspecified atom stereocenters. The van der Waals surface area contributed by atoms with Gasteiger partial charge in [-0.1, -0.05) is 42.1 Å². The molecule has 0 saturated carbocycles. The molecule has 0 aliphatic carbocycles. The van der Waals surface area contributed by atoms with Gasteiger partial charge >= 0.3 is 0 Å². The minimum absolute atomic E-state index is 0.0371. The van der Waals surface area contributed by atoms with E-state index >= 15 is 0 Å². The predicted octanol–water partition coefficient (Wildman–Crippen LogP) is 4.08. The van der Waals surface area contributed by atoms with Gasteiger partial charge in [-0.2, -0.15) is 0 Å². The molecule has 9 heteroatoms. The van der Waals surface area contributed by atoms with Crippen molar-refractivity contribution in [2.75, 3.05) is 20.0 Å². The molecule has 0 saturated heterocycles. The summed E-state index contributed by atoms with van der Waals surface area (Å²) in [5.74, 6) is 0.785. The highest BCUT2D eigenvalue weighted by atomic mass is 32.2. The lowest BCUT2D eigenvalue weighted by Crippen LogP contribution is -2.29. The number of carbonyl (C=O) groups is 1. The van der Waals surface area contributed by atoms with E-state index in [0.717, 1.165) is 17.3 Å². The van der Waals surface area contributed by atoms with Gasteiger partial charge in [0.25, 0.3) is 5.56 Å². The van der Waals surface area contributed by atoms with E-state index in [1.54, 1.807) is 24.3 Å². The van der Waals surface area contributed by atoms with E-state index in [0.29, 0.717) is 27.9 Å². The molecule has 0 fully saturated rings. The second-order valence-corrected chi connectivity index (χ2v) is 8.71. The number of aromatic hydroxyl groups is 1. The SMILES string of the molecule is COc1ccc(-n2c(SCC(=O)N[C@@H](C)c3ccccc3)nc3ccc(O)cc3c2=O)cc1OC. The number of methoxy groups -OCH3 is 2. The maximum Gasteiger partial charge on any atom is 0.266 e. The highest BCUT2D eigenvalue weighted by Gasteiger charge is 2.18. The molecule has 0 spiro atoms. The lowest BCUT2D eigenvalue weighted by Gasteiger charge is -2.16. The Morgan fingerprint density at radius 2 is 1.80 bits per heavy atom. The highest BCUT2D eigenvalue weighted by molar-refractivity contribution is 7.99. The van der Waals surface area contributed by atoms with Crippen LogP contribution in [0.4, 0.5) is 0 Å². The molecular formula is C26H25N3O5S. The summed E-state index contributed by atoms with van der Waals surface area (Å²) in [6, 6.07) is 19.0. The van der Waals surface area contributed by atoms with Crippen molar-refractivity contribution >= 4 is 28.6 Å². The number of nitrogens with zero attached hydrogens (tertiary/aromatic N) is 2. The molecule has 3 aromatic carbocycles. The second kappa shape index (κ2) is 10.5. The Hall–Kier alpha value is -3.98. The summed E-state index contributed by atoms with van der Waals surface area (Å²) >= 11 is 1.15. The van der Waals surface area contributed by atoms with Crippen molar-refractivity contribution in [2.45, 2.75) is 18.1 Å². The standard InChI is InChI=1S/C26H25N3O5S/c1-16(17-7-5-4-6-8-17)27-24(31)15-35-26-28-21-11-10-19(30)14-20(21)25(32)29(26)18-9-12-22(33-2)23(13-18)34-3/h4-14,16,30H,15H2,1-3H3,(H,27,31)/t16-/m0/s1. The van der Waals surface area contributed by atoms with Gasteiger partial charge in [0.2, 0.25) is 5.91 Å². The molecule has 0 aliphatic heterocycles. The van der Waals surface area contributed by atoms with Crippen LogP contribution < -0.4 is 20.3 Å². The van der Waals surface area contributed by atoms with E-state index < -0.39 is 0 Å². The fourth-order valence-electron chi connectivity index (χ4n) is 3.68. The van der Waals surface area contributed by atoms with E-state index in [2.05, 4.69) is 10.3 Å². The molecule has 4 aromatic rings. The Morgan fingerprint density at radius 3 is 2.51 bits per heavy atom. The Bertz CT molecular complexity index is 1420. The summed E-state index contributed by atoms with van der Waals surface area (Å²) in [6.45, 7) is 1.91. The zero-order chi connectivity index (χ0) is 24.9. The van der Waals surface area contributed by atoms with Crippen molar-refractivity contribution in [3.63, 3.8) is 0 Å². The monoisotopic (exact) mass is 491 g/mol. The molecule has 1 aromatic heterocycles. The summed E-state index contributed by atoms with van der Waals surface area (Å²) < 4.78 is 12.1. The topological polar surface area (TPSA) is 103 Å². The van der Waals surface area contributed by atoms with Crippen LogP contribution in [0, 0.1) is 0 Å². The molecule has 1 heterocycles. The van der Waals surface area contributed by atoms with Crippen molar-refractivity contribution in [1.82, 2.24) is 14.9 Å². The highest BCUT2D eigenvalue weighted by Crippen LogP contribution is 2.31. The maximum atomic E-state index is 13.5. The van der Waals surface area contributed by atoms with Crippen molar-refractivity contribution in [2.24, 2.45) is 0 Å². The number of hydrogen-bond donors (Lipinski definition) is 2. The molecule has 0 radical (unpaired) electrons. The number of fused-ring (bicyclic) bond motifs is 1. The minimum atomic E-state index is -0.376. The zero-order valence-electron chi connectivity index (χ0n) is 19.5. The molecule has 0 aliphatic rings. The van der Waals surface area contributed by atoms with Crippen molar-refractivity contribution in [3.05, 3.63) is 82.6 Å². The summed E-state index contributed by atoms with van der Waals surface area (Å²) in [5, 5.41) is 13.5. The lowest BCUT2D eigenvalue weighted by atomic mass is 10.1. The Balaban J connectivity index is 1.69. The average molecular weight is 492 g/mol. The van der Waals surface area contributed by atoms with Crippen LogP contribution in [-0.2, 0) is 4.79 Å². The third-order valence-electron chi connectivity index (χ3n) is 5.46. The number of thioether (sulfide) groups is 1. The molecule has 35 heavy (non-hydrogen) atoms. The van der Waals surface area contributed by atoms with Crippen LogP contribution in [0.3, 0.4) is 0 Å². The van der Waals surface area contributed by atoms with Gasteiger partial charge in [-0.15, -0.1) is 0 Å². The van der Waals surface area contributed by atoms with Gasteiger partial charge in [0.15, 0.2) is 16.7 Å². The van der Waals surface area contributed by atoms with Crippen LogP contribution in [0.15, 0.2) is 76.7 Å². The number of phenolic OH excluding ortho intramolecular Hbond substituents is 1. The molecule has 1 amide bonds. The minimum Gasteiger partial charge on any atom is -0.508 e. The first kappa shape index (κ1) is 24.2. The van der Waals surface area contributed by atoms with Gasteiger partial charge in [0, 0.05) is 6.07 Å². The van der Waals surface area contributed by atoms with Crippen molar-refractivity contribution < 1.29 is 19.4 Å². The normalized spacial score (nSPS) is 11.7. The van der Waals surface area contributed by atoms with Crippen LogP contribution in [0.2, 0.25) is 0 Å². The molecule has 1 atom stereocenters. The Morgan fingerprint density at radius 1 is 1.06 bits per heavy atom. The largest absolute Gasteiger partial charge is 0.508 e. The fourth-order valence-corrected chi connectivity index (χ4v) is 4.50. The second-order valence-electron chi connectivity index (χ2n) is 7.76. The van der Waals surface area contributed by atoms with Crippen LogP contribution in [0.25, 0.3) is 16.6 Å². The summed E-state index contributed by atoms with van der Waals surface area (Å²) in [5.41, 5.74) is 1.53. The number of rotatable bonds is 8. The van der Waals surface area contributed by atoms with Gasteiger partial charge in [-0.25, -0.2) is 4.98 Å². The lowest BCUT2D eigenvalue weighted by molar-refractivity contribution is -0.119. The molecular weight excluding hydrogens is 466 g/mol. The number of amides is 1.